The summed E-state index contributed by atoms with van der Waals surface area (Å²) in [7, 11) is 0. The molecule has 1 amide bonds. The van der Waals surface area contributed by atoms with Crippen LogP contribution in [0.4, 0.5) is 10.1 Å². The maximum atomic E-state index is 13.8. The molecule has 1 aromatic carbocycles. The van der Waals surface area contributed by atoms with Crippen LogP contribution in [0.5, 0.6) is 0 Å². The molecule has 2 rings (SSSR count). The van der Waals surface area contributed by atoms with Crippen molar-refractivity contribution >= 4 is 27.5 Å². The van der Waals surface area contributed by atoms with E-state index in [0.29, 0.717) is 6.54 Å². The highest BCUT2D eigenvalue weighted by molar-refractivity contribution is 9.09. The molecular weight excluding hydrogens is 343 g/mol. The van der Waals surface area contributed by atoms with Crippen LogP contribution in [0.1, 0.15) is 36.0 Å². The summed E-state index contributed by atoms with van der Waals surface area (Å²) in [6.07, 6.45) is 4.32. The number of halogens is 2. The molecule has 1 fully saturated rings. The van der Waals surface area contributed by atoms with Gasteiger partial charge in [0.2, 0.25) is 0 Å². The molecular formula is C14H16BrFN2O3. The predicted octanol–water partition coefficient (Wildman–Crippen LogP) is 3.42. The lowest BCUT2D eigenvalue weighted by molar-refractivity contribution is -0.385. The first-order valence-corrected chi connectivity index (χ1v) is 7.88. The predicted molar refractivity (Wildman–Crippen MR) is 80.1 cm³/mol. The number of nitrogens with one attached hydrogen (secondary N) is 1. The maximum Gasteiger partial charge on any atom is 0.272 e. The normalized spacial score (nSPS) is 16.7. The van der Waals surface area contributed by atoms with Crippen molar-refractivity contribution in [3.8, 4) is 0 Å². The van der Waals surface area contributed by atoms with Crippen molar-refractivity contribution in [1.82, 2.24) is 5.32 Å². The van der Waals surface area contributed by atoms with Gasteiger partial charge in [0, 0.05) is 17.9 Å². The van der Waals surface area contributed by atoms with Crippen molar-refractivity contribution in [2.24, 2.45) is 5.41 Å². The van der Waals surface area contributed by atoms with Gasteiger partial charge in [-0.1, -0.05) is 28.8 Å². The Bertz CT molecular complexity index is 559. The Labute approximate surface area is 130 Å². The van der Waals surface area contributed by atoms with E-state index < -0.39 is 16.6 Å². The highest BCUT2D eigenvalue weighted by Crippen LogP contribution is 2.39. The van der Waals surface area contributed by atoms with Crippen LogP contribution < -0.4 is 5.32 Å². The summed E-state index contributed by atoms with van der Waals surface area (Å²) >= 11 is 3.48. The van der Waals surface area contributed by atoms with Gasteiger partial charge in [0.05, 0.1) is 16.6 Å². The summed E-state index contributed by atoms with van der Waals surface area (Å²) in [6, 6.07) is 3.05. The lowest BCUT2D eigenvalue weighted by Crippen LogP contribution is -2.37. The second-order valence-corrected chi connectivity index (χ2v) is 6.01. The van der Waals surface area contributed by atoms with Gasteiger partial charge in [-0.2, -0.15) is 0 Å². The lowest BCUT2D eigenvalue weighted by atomic mass is 9.89. The van der Waals surface area contributed by atoms with E-state index in [1.54, 1.807) is 0 Å². The Hall–Kier alpha value is -1.50. The quantitative estimate of drug-likeness (QED) is 0.497. The Morgan fingerprint density at radius 3 is 2.62 bits per heavy atom. The van der Waals surface area contributed by atoms with Crippen LogP contribution in [0.2, 0.25) is 0 Å². The lowest BCUT2D eigenvalue weighted by Gasteiger charge is -2.26. The molecule has 0 spiro atoms. The zero-order valence-corrected chi connectivity index (χ0v) is 13.0. The molecule has 7 heteroatoms. The van der Waals surface area contributed by atoms with Crippen molar-refractivity contribution < 1.29 is 14.1 Å². The standard InChI is InChI=1S/C14H16BrFN2O3/c15-8-14(5-1-2-6-14)9-17-13(19)11-4-3-10(18(20)21)7-12(11)16/h3-4,7H,1-2,5-6,8-9H2,(H,17,19). The zero-order chi connectivity index (χ0) is 15.5. The van der Waals surface area contributed by atoms with Gasteiger partial charge in [-0.15, -0.1) is 0 Å². The first-order chi connectivity index (χ1) is 9.97. The summed E-state index contributed by atoms with van der Waals surface area (Å²) in [5, 5.41) is 14.1. The molecule has 0 aliphatic heterocycles. The molecule has 0 heterocycles. The van der Waals surface area contributed by atoms with E-state index in [4.69, 9.17) is 0 Å². The minimum absolute atomic E-state index is 0.0346. The van der Waals surface area contributed by atoms with Crippen LogP contribution in [0.25, 0.3) is 0 Å². The molecule has 5 nitrogen and oxygen atoms in total. The third kappa shape index (κ3) is 3.58. The molecule has 1 saturated carbocycles. The fraction of sp³-hybridized carbons (Fsp3) is 0.500. The highest BCUT2D eigenvalue weighted by Gasteiger charge is 2.33. The SMILES string of the molecule is O=C(NCC1(CBr)CCCC1)c1ccc([N+](=O)[O-])cc1F. The first-order valence-electron chi connectivity index (χ1n) is 6.75. The highest BCUT2D eigenvalue weighted by atomic mass is 79.9. The number of benzene rings is 1. The molecule has 0 unspecified atom stereocenters. The second kappa shape index (κ2) is 6.51. The Morgan fingerprint density at radius 2 is 2.10 bits per heavy atom. The molecule has 1 aliphatic carbocycles. The van der Waals surface area contributed by atoms with Crippen molar-refractivity contribution in [2.45, 2.75) is 25.7 Å². The van der Waals surface area contributed by atoms with Crippen LogP contribution in [-0.2, 0) is 0 Å². The number of hydrogen-bond donors (Lipinski definition) is 1. The summed E-state index contributed by atoms with van der Waals surface area (Å²) in [6.45, 7) is 0.480. The van der Waals surface area contributed by atoms with Gasteiger partial charge in [0.15, 0.2) is 0 Å². The largest absolute Gasteiger partial charge is 0.351 e. The van der Waals surface area contributed by atoms with Crippen LogP contribution in [0, 0.1) is 21.3 Å². The molecule has 1 aromatic rings. The van der Waals surface area contributed by atoms with Crippen LogP contribution in [0.15, 0.2) is 18.2 Å². The van der Waals surface area contributed by atoms with E-state index in [0.717, 1.165) is 49.2 Å². The van der Waals surface area contributed by atoms with E-state index in [-0.39, 0.29) is 16.7 Å². The molecule has 21 heavy (non-hydrogen) atoms. The number of nitro groups is 1. The number of amides is 1. The number of carbonyl (C=O) groups excluding carboxylic acids is 1. The second-order valence-electron chi connectivity index (χ2n) is 5.44. The van der Waals surface area contributed by atoms with Crippen molar-refractivity contribution in [1.29, 1.82) is 0 Å². The molecule has 0 aromatic heterocycles. The van der Waals surface area contributed by atoms with Gasteiger partial charge in [-0.05, 0) is 24.3 Å². The first kappa shape index (κ1) is 15.9. The van der Waals surface area contributed by atoms with Crippen LogP contribution >= 0.6 is 15.9 Å². The summed E-state index contributed by atoms with van der Waals surface area (Å²) in [4.78, 5) is 21.9. The van der Waals surface area contributed by atoms with E-state index in [2.05, 4.69) is 21.2 Å². The average molecular weight is 359 g/mol. The van der Waals surface area contributed by atoms with E-state index >= 15 is 0 Å². The Morgan fingerprint density at radius 1 is 1.43 bits per heavy atom. The zero-order valence-electron chi connectivity index (χ0n) is 11.4. The number of alkyl halides is 1. The average Bonchev–Trinajstić information content (AvgIpc) is 2.94. The number of hydrogen-bond acceptors (Lipinski definition) is 3. The van der Waals surface area contributed by atoms with Gasteiger partial charge in [-0.25, -0.2) is 4.39 Å². The molecule has 0 atom stereocenters. The summed E-state index contributed by atoms with van der Waals surface area (Å²) in [5.74, 6) is -1.41. The number of nitro benzene ring substituents is 1. The molecule has 0 saturated heterocycles. The summed E-state index contributed by atoms with van der Waals surface area (Å²) in [5.41, 5.74) is -0.493. The summed E-state index contributed by atoms with van der Waals surface area (Å²) < 4.78 is 13.8. The van der Waals surface area contributed by atoms with Crippen molar-refractivity contribution in [2.75, 3.05) is 11.9 Å². The van der Waals surface area contributed by atoms with E-state index in [1.165, 1.54) is 0 Å². The molecule has 1 N–H and O–H groups in total. The minimum atomic E-state index is -0.874. The van der Waals surface area contributed by atoms with Crippen molar-refractivity contribution in [3.63, 3.8) is 0 Å². The molecule has 0 bridgehead atoms. The van der Waals surface area contributed by atoms with Crippen LogP contribution in [0.3, 0.4) is 0 Å². The smallest absolute Gasteiger partial charge is 0.272 e. The van der Waals surface area contributed by atoms with Gasteiger partial charge in [0.1, 0.15) is 5.82 Å². The van der Waals surface area contributed by atoms with Gasteiger partial charge in [-0.3, -0.25) is 14.9 Å². The van der Waals surface area contributed by atoms with Gasteiger partial charge >= 0.3 is 0 Å². The van der Waals surface area contributed by atoms with E-state index in [9.17, 15) is 19.3 Å². The maximum absolute atomic E-state index is 13.8. The minimum Gasteiger partial charge on any atom is -0.351 e. The number of nitrogens with zero attached hydrogens (tertiary/aromatic N) is 1. The number of rotatable bonds is 5. The third-order valence-corrected chi connectivity index (χ3v) is 5.17. The van der Waals surface area contributed by atoms with Gasteiger partial charge in [0.25, 0.3) is 11.6 Å². The molecule has 114 valence electrons. The van der Waals surface area contributed by atoms with Crippen molar-refractivity contribution in [3.05, 3.63) is 39.7 Å². The number of carbonyl (C=O) groups is 1. The third-order valence-electron chi connectivity index (χ3n) is 3.98. The fourth-order valence-electron chi connectivity index (χ4n) is 2.65. The molecule has 1 aliphatic rings. The Kier molecular flexibility index (Phi) is 4.92. The van der Waals surface area contributed by atoms with E-state index in [1.807, 2.05) is 0 Å². The molecule has 0 radical (unpaired) electrons. The monoisotopic (exact) mass is 358 g/mol. The van der Waals surface area contributed by atoms with Crippen LogP contribution in [-0.4, -0.2) is 22.7 Å². The number of non-ortho nitro benzene ring substituents is 1. The topological polar surface area (TPSA) is 72.2 Å². The fourth-order valence-corrected chi connectivity index (χ4v) is 3.41. The van der Waals surface area contributed by atoms with Gasteiger partial charge < -0.3 is 5.32 Å². The Balaban J connectivity index is 2.05.